The number of carboxylic acids is 1. The molecule has 2 aliphatic rings. The predicted octanol–water partition coefficient (Wildman–Crippen LogP) is 1.99. The van der Waals surface area contributed by atoms with Gasteiger partial charge in [-0.2, -0.15) is 0 Å². The number of nitrogens with two attached hydrogens (primary N) is 1. The van der Waals surface area contributed by atoms with E-state index in [0.717, 1.165) is 31.2 Å². The largest absolute Gasteiger partial charge is 0.481 e. The maximum Gasteiger partial charge on any atom is 0.303 e. The van der Waals surface area contributed by atoms with E-state index in [0.29, 0.717) is 12.8 Å². The maximum absolute atomic E-state index is 14.1. The van der Waals surface area contributed by atoms with E-state index in [2.05, 4.69) is 10.6 Å². The summed E-state index contributed by atoms with van der Waals surface area (Å²) in [6, 6.07) is 8.71. The van der Waals surface area contributed by atoms with Gasteiger partial charge in [0.2, 0.25) is 23.6 Å². The summed E-state index contributed by atoms with van der Waals surface area (Å²) >= 11 is 0. The number of amides is 4. The van der Waals surface area contributed by atoms with Crippen LogP contribution in [0.15, 0.2) is 30.3 Å². The van der Waals surface area contributed by atoms with Crippen molar-refractivity contribution in [3.8, 4) is 0 Å². The van der Waals surface area contributed by atoms with Gasteiger partial charge in [-0.1, -0.05) is 49.6 Å². The second kappa shape index (κ2) is 16.2. The Morgan fingerprint density at radius 3 is 2.33 bits per heavy atom. The van der Waals surface area contributed by atoms with Crippen molar-refractivity contribution < 1.29 is 34.2 Å². The molecule has 1 heterocycles. The molecule has 0 bridgehead atoms. The first-order valence-electron chi connectivity index (χ1n) is 16.1. The molecule has 1 saturated carbocycles. The fraction of sp³-hybridized carbons (Fsp3) is 0.667. The lowest BCUT2D eigenvalue weighted by molar-refractivity contribution is -0.186. The molecule has 6 atom stereocenters. The molecular formula is C33H51N5O7. The Labute approximate surface area is 266 Å². The van der Waals surface area contributed by atoms with Gasteiger partial charge >= 0.3 is 5.97 Å². The number of rotatable bonds is 14. The first-order chi connectivity index (χ1) is 21.2. The Bertz CT molecular complexity index is 1190. The van der Waals surface area contributed by atoms with E-state index >= 15 is 0 Å². The fourth-order valence-electron chi connectivity index (χ4n) is 6.68. The molecule has 0 aromatic heterocycles. The van der Waals surface area contributed by atoms with Crippen molar-refractivity contribution in [1.82, 2.24) is 20.7 Å². The highest BCUT2D eigenvalue weighted by atomic mass is 16.4. The molecule has 2 fully saturated rings. The number of primary amides is 1. The van der Waals surface area contributed by atoms with Crippen molar-refractivity contribution in [3.63, 3.8) is 0 Å². The minimum atomic E-state index is -1.47. The summed E-state index contributed by atoms with van der Waals surface area (Å²) in [4.78, 5) is 65.4. The molecule has 1 aromatic rings. The summed E-state index contributed by atoms with van der Waals surface area (Å²) in [6.07, 6.45) is 3.72. The Morgan fingerprint density at radius 1 is 1.07 bits per heavy atom. The fourth-order valence-corrected chi connectivity index (χ4v) is 6.68. The number of hydrogen-bond acceptors (Lipinski definition) is 7. The smallest absolute Gasteiger partial charge is 0.303 e. The summed E-state index contributed by atoms with van der Waals surface area (Å²) in [5, 5.41) is 27.7. The van der Waals surface area contributed by atoms with Crippen molar-refractivity contribution in [1.29, 1.82) is 0 Å². The van der Waals surface area contributed by atoms with Gasteiger partial charge in [-0.05, 0) is 70.8 Å². The molecule has 6 N–H and O–H groups in total. The van der Waals surface area contributed by atoms with Crippen LogP contribution in [0.2, 0.25) is 0 Å². The minimum Gasteiger partial charge on any atom is -0.481 e. The molecule has 45 heavy (non-hydrogen) atoms. The number of fused-ring (bicyclic) bond motifs is 1. The number of aliphatic hydroxyl groups excluding tert-OH is 1. The van der Waals surface area contributed by atoms with Crippen molar-refractivity contribution in [2.24, 2.45) is 23.5 Å². The monoisotopic (exact) mass is 629 g/mol. The van der Waals surface area contributed by atoms with Crippen LogP contribution in [0.5, 0.6) is 0 Å². The van der Waals surface area contributed by atoms with Gasteiger partial charge in [-0.25, -0.2) is 5.01 Å². The number of carbonyl (C=O) groups is 5. The van der Waals surface area contributed by atoms with Crippen LogP contribution in [0.25, 0.3) is 0 Å². The number of piperidine rings is 1. The van der Waals surface area contributed by atoms with Crippen LogP contribution in [0.1, 0.15) is 84.6 Å². The summed E-state index contributed by atoms with van der Waals surface area (Å²) in [5.74, 6) is -4.59. The van der Waals surface area contributed by atoms with Crippen LogP contribution in [-0.4, -0.2) is 86.6 Å². The maximum atomic E-state index is 14.1. The number of aliphatic hydroxyl groups is 1. The highest BCUT2D eigenvalue weighted by Gasteiger charge is 2.50. The molecule has 4 amide bonds. The van der Waals surface area contributed by atoms with E-state index in [4.69, 9.17) is 5.73 Å². The number of aliphatic carboxylic acids is 1. The van der Waals surface area contributed by atoms with Gasteiger partial charge in [0.1, 0.15) is 12.0 Å². The molecular weight excluding hydrogens is 578 g/mol. The minimum absolute atomic E-state index is 0.0439. The normalized spacial score (nSPS) is 23.2. The van der Waals surface area contributed by atoms with Crippen LogP contribution in [-0.2, 0) is 30.4 Å². The number of hydrogen-bond donors (Lipinski definition) is 5. The van der Waals surface area contributed by atoms with Crippen LogP contribution in [0.4, 0.5) is 0 Å². The van der Waals surface area contributed by atoms with Gasteiger partial charge in [0.25, 0.3) is 0 Å². The molecule has 12 heteroatoms. The number of nitrogens with zero attached hydrogens (tertiary/aromatic N) is 2. The SMILES string of the molecule is CC(O)CNC(=O)[C@H](CN(C(=O)CCCC(=O)O)N1[C@H](C(=O)NC(C)(C)C)C[C@@H]2CCCCC2[C@@H]1Cc1ccccc1)C(N)=O. The lowest BCUT2D eigenvalue weighted by Crippen LogP contribution is -2.68. The molecule has 2 unspecified atom stereocenters. The van der Waals surface area contributed by atoms with Crippen molar-refractivity contribution in [2.45, 2.75) is 109 Å². The van der Waals surface area contributed by atoms with Gasteiger partial charge in [-0.3, -0.25) is 29.0 Å². The lowest BCUT2D eigenvalue weighted by atomic mass is 9.68. The van der Waals surface area contributed by atoms with E-state index < -0.39 is 53.8 Å². The van der Waals surface area contributed by atoms with Crippen LogP contribution >= 0.6 is 0 Å². The Hall–Kier alpha value is -3.51. The molecule has 250 valence electrons. The summed E-state index contributed by atoms with van der Waals surface area (Å²) in [5.41, 5.74) is 6.19. The van der Waals surface area contributed by atoms with E-state index in [9.17, 15) is 34.2 Å². The Morgan fingerprint density at radius 2 is 1.73 bits per heavy atom. The standard InChI is InChI=1S/C33H51N5O7/c1-21(39)19-35-31(44)25(30(34)43)20-37(28(40)15-10-16-29(41)42)38-26(17-22-11-6-5-7-12-22)24-14-9-8-13-23(24)18-27(38)32(45)36-33(2,3)4/h5-7,11-12,21,23-27,39H,8-10,13-20H2,1-4H3,(H2,34,43)(H,35,44)(H,36,45)(H,41,42)/t21?,23-,24?,25+,26-,27-/m0/s1. The van der Waals surface area contributed by atoms with E-state index in [1.54, 1.807) is 5.01 Å². The van der Waals surface area contributed by atoms with E-state index in [1.165, 1.54) is 11.9 Å². The highest BCUT2D eigenvalue weighted by Crippen LogP contribution is 2.44. The van der Waals surface area contributed by atoms with Gasteiger partial charge in [-0.15, -0.1) is 0 Å². The third-order valence-corrected chi connectivity index (χ3v) is 8.67. The second-order valence-electron chi connectivity index (χ2n) is 13.6. The average molecular weight is 630 g/mol. The van der Waals surface area contributed by atoms with Crippen LogP contribution in [0.3, 0.4) is 0 Å². The van der Waals surface area contributed by atoms with Gasteiger partial charge in [0.15, 0.2) is 0 Å². The number of carboxylic acid groups (broad SMARTS) is 1. The van der Waals surface area contributed by atoms with Crippen molar-refractivity contribution in [2.75, 3.05) is 13.1 Å². The number of hydrazine groups is 1. The number of benzene rings is 1. The summed E-state index contributed by atoms with van der Waals surface area (Å²) in [7, 11) is 0. The van der Waals surface area contributed by atoms with Gasteiger partial charge < -0.3 is 26.6 Å². The topological polar surface area (TPSA) is 182 Å². The third-order valence-electron chi connectivity index (χ3n) is 8.67. The lowest BCUT2D eigenvalue weighted by Gasteiger charge is -2.55. The predicted molar refractivity (Wildman–Crippen MR) is 168 cm³/mol. The van der Waals surface area contributed by atoms with Gasteiger partial charge in [0.05, 0.1) is 12.6 Å². The average Bonchev–Trinajstić information content (AvgIpc) is 2.95. The zero-order valence-corrected chi connectivity index (χ0v) is 27.0. The molecule has 1 aromatic carbocycles. The zero-order chi connectivity index (χ0) is 33.3. The molecule has 1 aliphatic heterocycles. The van der Waals surface area contributed by atoms with E-state index in [1.807, 2.05) is 51.1 Å². The number of carbonyl (C=O) groups excluding carboxylic acids is 4. The Balaban J connectivity index is 2.14. The molecule has 1 aliphatic carbocycles. The summed E-state index contributed by atoms with van der Waals surface area (Å²) in [6.45, 7) is 6.59. The first-order valence-corrected chi connectivity index (χ1v) is 16.1. The zero-order valence-electron chi connectivity index (χ0n) is 27.0. The molecule has 0 spiro atoms. The van der Waals surface area contributed by atoms with Crippen molar-refractivity contribution >= 4 is 29.6 Å². The molecule has 1 saturated heterocycles. The quantitative estimate of drug-likeness (QED) is 0.194. The molecule has 3 rings (SSSR count). The van der Waals surface area contributed by atoms with E-state index in [-0.39, 0.29) is 49.6 Å². The van der Waals surface area contributed by atoms with Crippen molar-refractivity contribution in [3.05, 3.63) is 35.9 Å². The number of nitrogens with one attached hydrogen (secondary N) is 2. The van der Waals surface area contributed by atoms with Gasteiger partial charge in [0, 0.05) is 31.0 Å². The molecule has 12 nitrogen and oxygen atoms in total. The van der Waals surface area contributed by atoms with Crippen LogP contribution < -0.4 is 16.4 Å². The highest BCUT2D eigenvalue weighted by molar-refractivity contribution is 6.00. The summed E-state index contributed by atoms with van der Waals surface area (Å²) < 4.78 is 0. The molecule has 0 radical (unpaired) electrons. The Kier molecular flexibility index (Phi) is 12.9. The second-order valence-corrected chi connectivity index (χ2v) is 13.6. The third kappa shape index (κ3) is 10.5. The van der Waals surface area contributed by atoms with Crippen LogP contribution in [0, 0.1) is 17.8 Å². The first kappa shape index (κ1) is 36.0.